The third-order valence-electron chi connectivity index (χ3n) is 4.46. The third-order valence-corrected chi connectivity index (χ3v) is 4.95. The average molecular weight is 405 g/mol. The lowest BCUT2D eigenvalue weighted by Gasteiger charge is -2.41. The maximum absolute atomic E-state index is 12.3. The van der Waals surface area contributed by atoms with Crippen molar-refractivity contribution in [3.8, 4) is 0 Å². The van der Waals surface area contributed by atoms with Crippen molar-refractivity contribution in [1.29, 1.82) is 0 Å². The van der Waals surface area contributed by atoms with Crippen LogP contribution in [0.5, 0.6) is 0 Å². The van der Waals surface area contributed by atoms with Crippen molar-refractivity contribution in [2.75, 3.05) is 6.61 Å². The molecule has 1 aliphatic heterocycles. The summed E-state index contributed by atoms with van der Waals surface area (Å²) in [5.41, 5.74) is 0.550. The molecule has 2 aromatic rings. The van der Waals surface area contributed by atoms with Crippen molar-refractivity contribution < 1.29 is 19.4 Å². The molecule has 3 atom stereocenters. The summed E-state index contributed by atoms with van der Waals surface area (Å²) < 4.78 is 12.1. The monoisotopic (exact) mass is 404 g/mol. The molecule has 0 aromatic heterocycles. The van der Waals surface area contributed by atoms with Crippen molar-refractivity contribution in [2.45, 2.75) is 37.6 Å². The first kappa shape index (κ1) is 18.1. The molecule has 4 nitrogen and oxygen atoms in total. The van der Waals surface area contributed by atoms with E-state index in [9.17, 15) is 9.90 Å². The molecule has 1 saturated heterocycles. The number of esters is 1. The van der Waals surface area contributed by atoms with E-state index < -0.39 is 23.8 Å². The second-order valence-corrected chi connectivity index (χ2v) is 7.14. The topological polar surface area (TPSA) is 55.8 Å². The van der Waals surface area contributed by atoms with Crippen LogP contribution in [0.3, 0.4) is 0 Å². The van der Waals surface area contributed by atoms with E-state index in [-0.39, 0.29) is 13.0 Å². The van der Waals surface area contributed by atoms with Gasteiger partial charge < -0.3 is 14.6 Å². The van der Waals surface area contributed by atoms with Crippen LogP contribution in [0.2, 0.25) is 0 Å². The Bertz CT molecular complexity index is 733. The van der Waals surface area contributed by atoms with E-state index in [0.717, 1.165) is 15.6 Å². The van der Waals surface area contributed by atoms with Crippen LogP contribution in [0.25, 0.3) is 0 Å². The highest BCUT2D eigenvalue weighted by atomic mass is 79.9. The Morgan fingerprint density at radius 2 is 2.00 bits per heavy atom. The fraction of sp³-hybridized carbons (Fsp3) is 0.350. The quantitative estimate of drug-likeness (QED) is 0.778. The summed E-state index contributed by atoms with van der Waals surface area (Å²) in [5, 5.41) is 11.3. The van der Waals surface area contributed by atoms with Gasteiger partial charge >= 0.3 is 5.97 Å². The lowest BCUT2D eigenvalue weighted by molar-refractivity contribution is -0.187. The first-order valence-electron chi connectivity index (χ1n) is 8.37. The summed E-state index contributed by atoms with van der Waals surface area (Å²) in [6, 6.07) is 17.2. The zero-order valence-corrected chi connectivity index (χ0v) is 15.6. The SMILES string of the molecule is CCOC(=O)[C@@H]1C[C@](O)(c2ccccc2)C[C@H](c2cccc(Br)c2)O1. The maximum atomic E-state index is 12.3. The summed E-state index contributed by atoms with van der Waals surface area (Å²) in [7, 11) is 0. The van der Waals surface area contributed by atoms with Crippen LogP contribution >= 0.6 is 15.9 Å². The molecule has 1 heterocycles. The molecule has 5 heteroatoms. The number of carbonyl (C=O) groups excluding carboxylic acids is 1. The van der Waals surface area contributed by atoms with Crippen molar-refractivity contribution in [3.63, 3.8) is 0 Å². The Labute approximate surface area is 155 Å². The fourth-order valence-corrected chi connectivity index (χ4v) is 3.67. The van der Waals surface area contributed by atoms with Crippen LogP contribution < -0.4 is 0 Å². The molecule has 0 bridgehead atoms. The molecule has 1 N–H and O–H groups in total. The minimum Gasteiger partial charge on any atom is -0.464 e. The Kier molecular flexibility index (Phi) is 5.57. The number of halogens is 1. The van der Waals surface area contributed by atoms with Gasteiger partial charge in [-0.15, -0.1) is 0 Å². The van der Waals surface area contributed by atoms with E-state index in [1.807, 2.05) is 54.6 Å². The summed E-state index contributed by atoms with van der Waals surface area (Å²) in [4.78, 5) is 12.3. The number of ether oxygens (including phenoxy) is 2. The maximum Gasteiger partial charge on any atom is 0.335 e. The number of rotatable bonds is 4. The van der Waals surface area contributed by atoms with Crippen LogP contribution in [0, 0.1) is 0 Å². The molecular formula is C20H21BrO4. The van der Waals surface area contributed by atoms with Gasteiger partial charge in [-0.2, -0.15) is 0 Å². The zero-order valence-electron chi connectivity index (χ0n) is 14.0. The van der Waals surface area contributed by atoms with Crippen LogP contribution in [0.15, 0.2) is 59.1 Å². The van der Waals surface area contributed by atoms with Gasteiger partial charge in [-0.25, -0.2) is 4.79 Å². The van der Waals surface area contributed by atoms with Gasteiger partial charge in [0.1, 0.15) is 0 Å². The van der Waals surface area contributed by atoms with Crippen molar-refractivity contribution >= 4 is 21.9 Å². The molecule has 2 aromatic carbocycles. The van der Waals surface area contributed by atoms with E-state index in [2.05, 4.69) is 15.9 Å². The Morgan fingerprint density at radius 1 is 1.24 bits per heavy atom. The first-order valence-corrected chi connectivity index (χ1v) is 9.16. The standard InChI is InChI=1S/C20H21BrO4/c1-2-24-19(22)18-13-20(23,15-8-4-3-5-9-15)12-17(25-18)14-7-6-10-16(21)11-14/h3-11,17-18,23H,2,12-13H2,1H3/t17-,18+,20+/m1/s1. The molecular weight excluding hydrogens is 384 g/mol. The summed E-state index contributed by atoms with van der Waals surface area (Å²) >= 11 is 3.46. The predicted octanol–water partition coefficient (Wildman–Crippen LogP) is 4.12. The molecule has 3 rings (SSSR count). The van der Waals surface area contributed by atoms with Gasteiger partial charge in [0.05, 0.1) is 18.3 Å². The van der Waals surface area contributed by atoms with Gasteiger partial charge in [-0.3, -0.25) is 0 Å². The lowest BCUT2D eigenvalue weighted by atomic mass is 9.79. The average Bonchev–Trinajstić information content (AvgIpc) is 2.62. The van der Waals surface area contributed by atoms with Gasteiger partial charge in [0, 0.05) is 17.3 Å². The minimum atomic E-state index is -1.15. The summed E-state index contributed by atoms with van der Waals surface area (Å²) in [6.45, 7) is 2.04. The second kappa shape index (κ2) is 7.68. The Balaban J connectivity index is 1.95. The Morgan fingerprint density at radius 3 is 2.68 bits per heavy atom. The summed E-state index contributed by atoms with van der Waals surface area (Å²) in [6.07, 6.45) is -0.641. The van der Waals surface area contributed by atoms with Gasteiger partial charge in [0.15, 0.2) is 6.10 Å². The van der Waals surface area contributed by atoms with Crippen molar-refractivity contribution in [3.05, 3.63) is 70.2 Å². The third kappa shape index (κ3) is 4.11. The van der Waals surface area contributed by atoms with Crippen LogP contribution in [0.1, 0.15) is 37.0 Å². The largest absolute Gasteiger partial charge is 0.464 e. The molecule has 0 aliphatic carbocycles. The van der Waals surface area contributed by atoms with Gasteiger partial charge in [0.25, 0.3) is 0 Å². The highest BCUT2D eigenvalue weighted by Crippen LogP contribution is 2.43. The van der Waals surface area contributed by atoms with Gasteiger partial charge in [-0.05, 0) is 30.2 Å². The van der Waals surface area contributed by atoms with Crippen LogP contribution in [0.4, 0.5) is 0 Å². The normalized spacial score (nSPS) is 26.2. The molecule has 0 spiro atoms. The van der Waals surface area contributed by atoms with E-state index >= 15 is 0 Å². The van der Waals surface area contributed by atoms with Crippen LogP contribution in [-0.2, 0) is 19.9 Å². The molecule has 0 unspecified atom stereocenters. The van der Waals surface area contributed by atoms with E-state index in [1.165, 1.54) is 0 Å². The molecule has 0 saturated carbocycles. The molecule has 0 radical (unpaired) electrons. The number of hydrogen-bond acceptors (Lipinski definition) is 4. The number of aliphatic hydroxyl groups is 1. The number of benzene rings is 2. The van der Waals surface area contributed by atoms with E-state index in [4.69, 9.17) is 9.47 Å². The molecule has 1 fully saturated rings. The molecule has 132 valence electrons. The van der Waals surface area contributed by atoms with E-state index in [0.29, 0.717) is 6.42 Å². The molecule has 25 heavy (non-hydrogen) atoms. The highest BCUT2D eigenvalue weighted by Gasteiger charge is 2.44. The first-order chi connectivity index (χ1) is 12.0. The van der Waals surface area contributed by atoms with Gasteiger partial charge in [0.2, 0.25) is 0 Å². The summed E-state index contributed by atoms with van der Waals surface area (Å²) in [5.74, 6) is -0.434. The fourth-order valence-electron chi connectivity index (χ4n) is 3.25. The molecule has 0 amide bonds. The van der Waals surface area contributed by atoms with Crippen molar-refractivity contribution in [2.24, 2.45) is 0 Å². The Hall–Kier alpha value is -1.69. The van der Waals surface area contributed by atoms with Crippen molar-refractivity contribution in [1.82, 2.24) is 0 Å². The molecule has 1 aliphatic rings. The lowest BCUT2D eigenvalue weighted by Crippen LogP contribution is -2.44. The zero-order chi connectivity index (χ0) is 17.9. The van der Waals surface area contributed by atoms with Gasteiger partial charge in [-0.1, -0.05) is 58.4 Å². The highest BCUT2D eigenvalue weighted by molar-refractivity contribution is 9.10. The minimum absolute atomic E-state index is 0.181. The second-order valence-electron chi connectivity index (χ2n) is 6.23. The predicted molar refractivity (Wildman–Crippen MR) is 98.0 cm³/mol. The smallest absolute Gasteiger partial charge is 0.335 e. The van der Waals surface area contributed by atoms with E-state index in [1.54, 1.807) is 6.92 Å². The number of hydrogen-bond donors (Lipinski definition) is 1. The van der Waals surface area contributed by atoms with Crippen LogP contribution in [-0.4, -0.2) is 23.8 Å². The number of carbonyl (C=O) groups is 1.